The Morgan fingerprint density at radius 2 is 1.83 bits per heavy atom. The first kappa shape index (κ1) is 19.5. The van der Waals surface area contributed by atoms with Crippen LogP contribution in [0.25, 0.3) is 0 Å². The van der Waals surface area contributed by atoms with E-state index in [1.54, 1.807) is 6.20 Å². The smallest absolute Gasteiger partial charge is 0.417 e. The van der Waals surface area contributed by atoms with Gasteiger partial charge in [0, 0.05) is 50.8 Å². The van der Waals surface area contributed by atoms with Crippen LogP contribution in [0.3, 0.4) is 0 Å². The molecule has 2 atom stereocenters. The highest BCUT2D eigenvalue weighted by molar-refractivity contribution is 5.40. The van der Waals surface area contributed by atoms with Crippen LogP contribution in [0.15, 0.2) is 30.7 Å². The Morgan fingerprint density at radius 3 is 2.50 bits per heavy atom. The Hall–Kier alpha value is -2.42. The molecule has 5 rings (SSSR count). The van der Waals surface area contributed by atoms with E-state index in [0.29, 0.717) is 17.6 Å². The lowest BCUT2D eigenvalue weighted by Gasteiger charge is -2.26. The second-order valence-electron chi connectivity index (χ2n) is 8.38. The fourth-order valence-electron chi connectivity index (χ4n) is 4.39. The average Bonchev–Trinajstić information content (AvgIpc) is 3.53. The number of halogens is 3. The number of ether oxygens (including phenoxy) is 1. The Balaban J connectivity index is 1.21. The van der Waals surface area contributed by atoms with Gasteiger partial charge in [-0.25, -0.2) is 9.97 Å². The van der Waals surface area contributed by atoms with Crippen molar-refractivity contribution in [2.75, 3.05) is 31.1 Å². The zero-order chi connectivity index (χ0) is 20.7. The van der Waals surface area contributed by atoms with E-state index in [9.17, 15) is 13.2 Å². The Kier molecular flexibility index (Phi) is 5.00. The maximum Gasteiger partial charge on any atom is 0.417 e. The van der Waals surface area contributed by atoms with Crippen molar-refractivity contribution < 1.29 is 17.9 Å². The van der Waals surface area contributed by atoms with Crippen LogP contribution in [0.4, 0.5) is 19.0 Å². The summed E-state index contributed by atoms with van der Waals surface area (Å²) in [4.78, 5) is 17.4. The minimum atomic E-state index is -4.36. The Morgan fingerprint density at radius 1 is 0.967 bits per heavy atom. The van der Waals surface area contributed by atoms with Crippen molar-refractivity contribution in [3.8, 4) is 5.88 Å². The summed E-state index contributed by atoms with van der Waals surface area (Å²) in [5.41, 5.74) is 0.327. The highest BCUT2D eigenvalue weighted by atomic mass is 19.4. The molecule has 0 amide bonds. The summed E-state index contributed by atoms with van der Waals surface area (Å²) in [6, 6.07) is 2.86. The molecule has 160 valence electrons. The van der Waals surface area contributed by atoms with Crippen molar-refractivity contribution in [2.45, 2.75) is 49.9 Å². The molecular weight excluding hydrogens is 395 g/mol. The second-order valence-corrected chi connectivity index (χ2v) is 8.38. The number of anilines is 1. The molecule has 2 aromatic heterocycles. The number of aromatic nitrogens is 3. The molecule has 2 aliphatic heterocycles. The van der Waals surface area contributed by atoms with Gasteiger partial charge in [-0.05, 0) is 31.4 Å². The van der Waals surface area contributed by atoms with Crippen LogP contribution in [0, 0.1) is 0 Å². The summed E-state index contributed by atoms with van der Waals surface area (Å²) in [5.74, 6) is 1.72. The molecule has 2 aromatic rings. The molecule has 0 N–H and O–H groups in total. The van der Waals surface area contributed by atoms with Gasteiger partial charge in [0.15, 0.2) is 0 Å². The first-order chi connectivity index (χ1) is 14.5. The van der Waals surface area contributed by atoms with Crippen LogP contribution in [-0.2, 0) is 6.18 Å². The van der Waals surface area contributed by atoms with E-state index in [1.165, 1.54) is 18.9 Å². The maximum absolute atomic E-state index is 12.8. The third kappa shape index (κ3) is 4.21. The van der Waals surface area contributed by atoms with Gasteiger partial charge in [-0.3, -0.25) is 9.88 Å². The van der Waals surface area contributed by atoms with Gasteiger partial charge in [0.2, 0.25) is 5.88 Å². The van der Waals surface area contributed by atoms with Crippen molar-refractivity contribution in [3.63, 3.8) is 0 Å². The first-order valence-corrected chi connectivity index (χ1v) is 10.5. The fourth-order valence-corrected chi connectivity index (χ4v) is 4.39. The highest BCUT2D eigenvalue weighted by Gasteiger charge is 2.37. The maximum atomic E-state index is 12.8. The molecule has 30 heavy (non-hydrogen) atoms. The van der Waals surface area contributed by atoms with Crippen LogP contribution in [0.5, 0.6) is 5.88 Å². The summed E-state index contributed by atoms with van der Waals surface area (Å²) < 4.78 is 44.5. The molecular formula is C21H24F3N5O. The van der Waals surface area contributed by atoms with Gasteiger partial charge in [0.1, 0.15) is 11.9 Å². The standard InChI is InChI=1S/C21H24F3N5O/c22-21(23,24)15-4-5-19(26-9-15)29-7-1-6-28-13-17(8-16(28)12-29)30-20-11-25-18(10-27-20)14-2-3-14/h4-5,9-11,14,16-17H,1-3,6-8,12-13H2/t16-,17+/m1/s1. The zero-order valence-electron chi connectivity index (χ0n) is 16.6. The number of nitrogens with zero attached hydrogens (tertiary/aromatic N) is 5. The van der Waals surface area contributed by atoms with Crippen LogP contribution in [0.1, 0.15) is 42.9 Å². The number of alkyl halides is 3. The van der Waals surface area contributed by atoms with Crippen LogP contribution < -0.4 is 9.64 Å². The lowest BCUT2D eigenvalue weighted by atomic mass is 10.2. The van der Waals surface area contributed by atoms with E-state index in [2.05, 4.69) is 24.8 Å². The van der Waals surface area contributed by atoms with Crippen molar-refractivity contribution >= 4 is 5.82 Å². The zero-order valence-corrected chi connectivity index (χ0v) is 16.6. The van der Waals surface area contributed by atoms with Crippen LogP contribution in [-0.4, -0.2) is 58.2 Å². The summed E-state index contributed by atoms with van der Waals surface area (Å²) in [6.45, 7) is 3.27. The lowest BCUT2D eigenvalue weighted by Crippen LogP contribution is -2.37. The van der Waals surface area contributed by atoms with Crippen molar-refractivity contribution in [2.24, 2.45) is 0 Å². The molecule has 4 heterocycles. The monoisotopic (exact) mass is 419 g/mol. The van der Waals surface area contributed by atoms with Gasteiger partial charge in [-0.2, -0.15) is 13.2 Å². The van der Waals surface area contributed by atoms with Gasteiger partial charge in [-0.15, -0.1) is 0 Å². The third-order valence-corrected chi connectivity index (χ3v) is 6.12. The van der Waals surface area contributed by atoms with Crippen molar-refractivity contribution in [1.29, 1.82) is 0 Å². The average molecular weight is 419 g/mol. The number of hydrogen-bond acceptors (Lipinski definition) is 6. The predicted octanol–water partition coefficient (Wildman–Crippen LogP) is 3.50. The largest absolute Gasteiger partial charge is 0.472 e. The topological polar surface area (TPSA) is 54.4 Å². The number of pyridine rings is 1. The molecule has 6 nitrogen and oxygen atoms in total. The van der Waals surface area contributed by atoms with Gasteiger partial charge >= 0.3 is 6.18 Å². The lowest BCUT2D eigenvalue weighted by molar-refractivity contribution is -0.137. The van der Waals surface area contributed by atoms with Crippen molar-refractivity contribution in [3.05, 3.63) is 42.0 Å². The molecule has 3 fully saturated rings. The van der Waals surface area contributed by atoms with Crippen LogP contribution in [0.2, 0.25) is 0 Å². The third-order valence-electron chi connectivity index (χ3n) is 6.12. The minimum Gasteiger partial charge on any atom is -0.472 e. The van der Waals surface area contributed by atoms with E-state index in [0.717, 1.165) is 57.0 Å². The quantitative estimate of drug-likeness (QED) is 0.756. The molecule has 1 saturated carbocycles. The van der Waals surface area contributed by atoms with Crippen LogP contribution >= 0.6 is 0 Å². The molecule has 3 aliphatic rings. The number of rotatable bonds is 4. The summed E-state index contributed by atoms with van der Waals surface area (Å²) in [6.07, 6.45) is 4.30. The number of fused-ring (bicyclic) bond motifs is 1. The molecule has 2 saturated heterocycles. The predicted molar refractivity (Wildman–Crippen MR) is 104 cm³/mol. The fraction of sp³-hybridized carbons (Fsp3) is 0.571. The molecule has 0 radical (unpaired) electrons. The Bertz CT molecular complexity index is 870. The molecule has 0 bridgehead atoms. The molecule has 0 unspecified atom stereocenters. The van der Waals surface area contributed by atoms with E-state index >= 15 is 0 Å². The second kappa shape index (κ2) is 7.68. The Labute approximate surface area is 173 Å². The number of hydrogen-bond donors (Lipinski definition) is 0. The summed E-state index contributed by atoms with van der Waals surface area (Å²) >= 11 is 0. The minimum absolute atomic E-state index is 0.0385. The van der Waals surface area contributed by atoms with Gasteiger partial charge in [0.25, 0.3) is 0 Å². The van der Waals surface area contributed by atoms with E-state index in [1.807, 2.05) is 6.20 Å². The van der Waals surface area contributed by atoms with Crippen molar-refractivity contribution in [1.82, 2.24) is 19.9 Å². The van der Waals surface area contributed by atoms with Gasteiger partial charge in [-0.1, -0.05) is 0 Å². The first-order valence-electron chi connectivity index (χ1n) is 10.5. The van der Waals surface area contributed by atoms with E-state index < -0.39 is 11.7 Å². The SMILES string of the molecule is FC(F)(F)c1ccc(N2CCCN3C[C@@H](Oc4cnc(C5CC5)cn4)C[C@@H]3C2)nc1. The summed E-state index contributed by atoms with van der Waals surface area (Å²) in [5, 5.41) is 0. The highest BCUT2D eigenvalue weighted by Crippen LogP contribution is 2.38. The molecule has 1 aliphatic carbocycles. The molecule has 9 heteroatoms. The molecule has 0 aromatic carbocycles. The van der Waals surface area contributed by atoms with E-state index in [4.69, 9.17) is 4.74 Å². The normalized spacial score (nSPS) is 25.1. The van der Waals surface area contributed by atoms with E-state index in [-0.39, 0.29) is 12.1 Å². The molecule has 0 spiro atoms. The summed E-state index contributed by atoms with van der Waals surface area (Å²) in [7, 11) is 0. The van der Waals surface area contributed by atoms with Gasteiger partial charge in [0.05, 0.1) is 23.7 Å². The van der Waals surface area contributed by atoms with Gasteiger partial charge < -0.3 is 9.64 Å².